The number of nitrogens with zero attached hydrogens (tertiary/aromatic N) is 2. The molecule has 124 valence electrons. The van der Waals surface area contributed by atoms with Crippen LogP contribution in [-0.2, 0) is 17.8 Å². The van der Waals surface area contributed by atoms with Crippen molar-refractivity contribution in [2.75, 3.05) is 11.4 Å². The molecule has 2 rings (SSSR count). The fourth-order valence-corrected chi connectivity index (χ4v) is 2.55. The maximum atomic E-state index is 11.5. The lowest BCUT2D eigenvalue weighted by molar-refractivity contribution is -0.107. The van der Waals surface area contributed by atoms with Gasteiger partial charge in [0.1, 0.15) is 0 Å². The second kappa shape index (κ2) is 9.30. The van der Waals surface area contributed by atoms with Gasteiger partial charge in [-0.2, -0.15) is 0 Å². The van der Waals surface area contributed by atoms with Crippen LogP contribution in [0.3, 0.4) is 0 Å². The molecule has 0 aromatic heterocycles. The molecule has 1 amide bonds. The SMILES string of the molecule is C=CN(C=N)Cc1cccc(N(C=O)CCCc2ccccc2)c1. The molecule has 0 spiro atoms. The molecule has 24 heavy (non-hydrogen) atoms. The van der Waals surface area contributed by atoms with Crippen LogP contribution < -0.4 is 4.90 Å². The molecule has 1 N–H and O–H groups in total. The van der Waals surface area contributed by atoms with E-state index in [2.05, 4.69) is 18.7 Å². The van der Waals surface area contributed by atoms with Crippen molar-refractivity contribution in [1.29, 1.82) is 5.41 Å². The number of rotatable bonds is 10. The highest BCUT2D eigenvalue weighted by Gasteiger charge is 2.07. The van der Waals surface area contributed by atoms with Gasteiger partial charge in [0.25, 0.3) is 0 Å². The molecule has 0 atom stereocenters. The second-order valence-corrected chi connectivity index (χ2v) is 5.54. The first-order valence-corrected chi connectivity index (χ1v) is 8.00. The predicted octanol–water partition coefficient (Wildman–Crippen LogP) is 3.83. The average molecular weight is 321 g/mol. The smallest absolute Gasteiger partial charge is 0.214 e. The highest BCUT2D eigenvalue weighted by atomic mass is 16.1. The molecule has 0 bridgehead atoms. The zero-order chi connectivity index (χ0) is 17.2. The number of hydrogen-bond acceptors (Lipinski definition) is 2. The number of anilines is 1. The fourth-order valence-electron chi connectivity index (χ4n) is 2.55. The monoisotopic (exact) mass is 321 g/mol. The molecule has 0 aliphatic carbocycles. The van der Waals surface area contributed by atoms with Crippen molar-refractivity contribution in [3.63, 3.8) is 0 Å². The summed E-state index contributed by atoms with van der Waals surface area (Å²) in [5, 5.41) is 7.32. The molecule has 0 aliphatic rings. The first kappa shape index (κ1) is 17.5. The van der Waals surface area contributed by atoms with Crippen LogP contribution in [-0.4, -0.2) is 24.2 Å². The minimum Gasteiger partial charge on any atom is -0.336 e. The zero-order valence-electron chi connectivity index (χ0n) is 13.8. The molecular weight excluding hydrogens is 298 g/mol. The number of aryl methyl sites for hydroxylation is 1. The van der Waals surface area contributed by atoms with Gasteiger partial charge in [0.05, 0.1) is 6.34 Å². The van der Waals surface area contributed by atoms with Gasteiger partial charge in [0, 0.05) is 18.8 Å². The molecule has 2 aromatic rings. The molecular formula is C20H23N3O. The highest BCUT2D eigenvalue weighted by molar-refractivity contribution is 5.75. The normalized spacial score (nSPS) is 10.0. The Morgan fingerprint density at radius 3 is 2.46 bits per heavy atom. The van der Waals surface area contributed by atoms with Crippen molar-refractivity contribution in [3.05, 3.63) is 78.5 Å². The van der Waals surface area contributed by atoms with Gasteiger partial charge in [-0.1, -0.05) is 49.0 Å². The zero-order valence-corrected chi connectivity index (χ0v) is 13.8. The lowest BCUT2D eigenvalue weighted by Crippen LogP contribution is -2.23. The molecule has 0 saturated heterocycles. The molecule has 0 saturated carbocycles. The third-order valence-electron chi connectivity index (χ3n) is 3.84. The number of benzene rings is 2. The first-order chi connectivity index (χ1) is 11.8. The second-order valence-electron chi connectivity index (χ2n) is 5.54. The summed E-state index contributed by atoms with van der Waals surface area (Å²) in [6, 6.07) is 18.1. The molecule has 0 heterocycles. The fraction of sp³-hybridized carbons (Fsp3) is 0.200. The Balaban J connectivity index is 1.98. The minimum atomic E-state index is 0.567. The van der Waals surface area contributed by atoms with Crippen molar-refractivity contribution in [2.24, 2.45) is 0 Å². The van der Waals surface area contributed by atoms with Crippen molar-refractivity contribution in [2.45, 2.75) is 19.4 Å². The van der Waals surface area contributed by atoms with E-state index in [9.17, 15) is 4.79 Å². The minimum absolute atomic E-state index is 0.567. The van der Waals surface area contributed by atoms with E-state index in [4.69, 9.17) is 5.41 Å². The molecule has 2 aromatic carbocycles. The lowest BCUT2D eigenvalue weighted by atomic mass is 10.1. The van der Waals surface area contributed by atoms with Gasteiger partial charge in [-0.15, -0.1) is 0 Å². The van der Waals surface area contributed by atoms with E-state index >= 15 is 0 Å². The summed E-state index contributed by atoms with van der Waals surface area (Å²) in [5.41, 5.74) is 3.19. The van der Waals surface area contributed by atoms with Gasteiger partial charge >= 0.3 is 0 Å². The van der Waals surface area contributed by atoms with E-state index in [-0.39, 0.29) is 0 Å². The molecule has 0 aliphatic heterocycles. The number of carbonyl (C=O) groups excluding carboxylic acids is 1. The van der Waals surface area contributed by atoms with E-state index in [1.54, 1.807) is 16.0 Å². The van der Waals surface area contributed by atoms with E-state index in [1.807, 2.05) is 42.5 Å². The Hall–Kier alpha value is -2.88. The number of carbonyl (C=O) groups is 1. The van der Waals surface area contributed by atoms with Crippen LogP contribution in [0.4, 0.5) is 5.69 Å². The predicted molar refractivity (Wildman–Crippen MR) is 99.1 cm³/mol. The maximum absolute atomic E-state index is 11.5. The molecule has 4 heteroatoms. The van der Waals surface area contributed by atoms with Gasteiger partial charge in [-0.25, -0.2) is 0 Å². The Bertz CT molecular complexity index is 662. The van der Waals surface area contributed by atoms with E-state index in [0.717, 1.165) is 30.5 Å². The van der Waals surface area contributed by atoms with Gasteiger partial charge in [0.2, 0.25) is 6.41 Å². The quantitative estimate of drug-likeness (QED) is 0.411. The van der Waals surface area contributed by atoms with Crippen LogP contribution in [0.5, 0.6) is 0 Å². The van der Waals surface area contributed by atoms with Crippen LogP contribution in [0.25, 0.3) is 0 Å². The van der Waals surface area contributed by atoms with Crippen LogP contribution in [0.1, 0.15) is 17.5 Å². The van der Waals surface area contributed by atoms with Crippen LogP contribution in [0, 0.1) is 5.41 Å². The molecule has 0 fully saturated rings. The molecule has 0 unspecified atom stereocenters. The standard InChI is InChI=1S/C20H23N3O/c1-2-22(16-21)15-19-10-6-12-20(14-19)23(17-24)13-7-11-18-8-4-3-5-9-18/h2-6,8-10,12,14,16-17,21H,1,7,11,13,15H2. The third-order valence-corrected chi connectivity index (χ3v) is 3.84. The average Bonchev–Trinajstić information content (AvgIpc) is 2.64. The Morgan fingerprint density at radius 1 is 1.04 bits per heavy atom. The van der Waals surface area contributed by atoms with Gasteiger partial charge in [-0.3, -0.25) is 10.2 Å². The number of hydrogen-bond donors (Lipinski definition) is 1. The summed E-state index contributed by atoms with van der Waals surface area (Å²) in [5.74, 6) is 0. The Kier molecular flexibility index (Phi) is 6.77. The topological polar surface area (TPSA) is 47.4 Å². The van der Waals surface area contributed by atoms with Crippen molar-refractivity contribution >= 4 is 18.4 Å². The Morgan fingerprint density at radius 2 is 1.79 bits per heavy atom. The van der Waals surface area contributed by atoms with Crippen molar-refractivity contribution in [3.8, 4) is 0 Å². The van der Waals surface area contributed by atoms with Crippen molar-refractivity contribution < 1.29 is 4.79 Å². The largest absolute Gasteiger partial charge is 0.336 e. The number of amides is 1. The van der Waals surface area contributed by atoms with E-state index in [0.29, 0.717) is 13.1 Å². The molecule has 0 radical (unpaired) electrons. The Labute approximate surface area is 143 Å². The summed E-state index contributed by atoms with van der Waals surface area (Å²) in [6.45, 7) is 4.92. The van der Waals surface area contributed by atoms with E-state index in [1.165, 1.54) is 11.9 Å². The van der Waals surface area contributed by atoms with Gasteiger partial charge in [0.15, 0.2) is 0 Å². The van der Waals surface area contributed by atoms with Crippen LogP contribution >= 0.6 is 0 Å². The molecule has 4 nitrogen and oxygen atoms in total. The highest BCUT2D eigenvalue weighted by Crippen LogP contribution is 2.17. The summed E-state index contributed by atoms with van der Waals surface area (Å²) in [4.78, 5) is 14.9. The summed E-state index contributed by atoms with van der Waals surface area (Å²) < 4.78 is 0. The first-order valence-electron chi connectivity index (χ1n) is 8.00. The van der Waals surface area contributed by atoms with Gasteiger partial charge < -0.3 is 9.80 Å². The maximum Gasteiger partial charge on any atom is 0.214 e. The summed E-state index contributed by atoms with van der Waals surface area (Å²) in [6.07, 6.45) is 5.58. The van der Waals surface area contributed by atoms with E-state index < -0.39 is 0 Å². The van der Waals surface area contributed by atoms with Crippen LogP contribution in [0.15, 0.2) is 67.4 Å². The summed E-state index contributed by atoms with van der Waals surface area (Å²) in [7, 11) is 0. The van der Waals surface area contributed by atoms with Crippen LogP contribution in [0.2, 0.25) is 0 Å². The third kappa shape index (κ3) is 5.09. The summed E-state index contributed by atoms with van der Waals surface area (Å²) >= 11 is 0. The van der Waals surface area contributed by atoms with Crippen molar-refractivity contribution in [1.82, 2.24) is 4.90 Å². The number of nitrogens with one attached hydrogen (secondary N) is 1. The lowest BCUT2D eigenvalue weighted by Gasteiger charge is -2.19. The van der Waals surface area contributed by atoms with Gasteiger partial charge in [-0.05, 0) is 42.3 Å².